The molecule has 0 saturated heterocycles. The van der Waals surface area contributed by atoms with Crippen LogP contribution in [-0.4, -0.2) is 58.3 Å². The second-order valence-corrected chi connectivity index (χ2v) is 12.4. The van der Waals surface area contributed by atoms with Gasteiger partial charge in [0.2, 0.25) is 0 Å². The maximum atomic E-state index is 12.4. The highest BCUT2D eigenvalue weighted by Crippen LogP contribution is 2.30. The van der Waals surface area contributed by atoms with Crippen LogP contribution in [-0.2, 0) is 29.2 Å². The molecule has 0 aliphatic carbocycles. The molecular weight excluding hydrogens is 538 g/mol. The zero-order valence-electron chi connectivity index (χ0n) is 26.5. The first-order valence-corrected chi connectivity index (χ1v) is 14.1. The van der Waals surface area contributed by atoms with Crippen LogP contribution in [0.4, 0.5) is 0 Å². The van der Waals surface area contributed by atoms with Crippen LogP contribution in [0.25, 0.3) is 16.7 Å². The van der Waals surface area contributed by atoms with Gasteiger partial charge in [0, 0.05) is 0 Å². The van der Waals surface area contributed by atoms with Gasteiger partial charge in [-0.15, -0.1) is 15.0 Å². The molecule has 0 amide bonds. The molecule has 2 aromatic carbocycles. The van der Waals surface area contributed by atoms with Crippen molar-refractivity contribution in [3.63, 3.8) is 0 Å². The third-order valence-electron chi connectivity index (χ3n) is 7.28. The van der Waals surface area contributed by atoms with Gasteiger partial charge in [0.25, 0.3) is 0 Å². The minimum atomic E-state index is -0.568. The Morgan fingerprint density at radius 3 is 1.90 bits per heavy atom. The van der Waals surface area contributed by atoms with Crippen molar-refractivity contribution in [3.05, 3.63) is 47.5 Å². The normalized spacial score (nSPS) is 11.9. The first-order chi connectivity index (χ1) is 19.5. The monoisotopic (exact) mass is 583 g/mol. The standard InChI is InChI=1S/C25H31N3O5.C7H14O2/c1-7-25(5,6)23(31)33-13-12-32-22(30)16-8-10-18-19(14-16)27-28(26-18)20-15-17(24(2,3)4)9-11-21(20)29;1-5-7(2,3)6(8)9-4/h8-11,14-15,29H,7,12-13H2,1-6H3;5H2,1-4H3. The smallest absolute Gasteiger partial charge is 0.338 e. The zero-order chi connectivity index (χ0) is 31.9. The lowest BCUT2D eigenvalue weighted by Gasteiger charge is -2.20. The molecule has 0 unspecified atom stereocenters. The Balaban J connectivity index is 0.000000592. The Labute approximate surface area is 248 Å². The Morgan fingerprint density at radius 2 is 1.36 bits per heavy atom. The number of esters is 3. The van der Waals surface area contributed by atoms with Gasteiger partial charge in [-0.25, -0.2) is 4.79 Å². The van der Waals surface area contributed by atoms with Gasteiger partial charge >= 0.3 is 17.9 Å². The molecule has 3 aromatic rings. The molecule has 0 radical (unpaired) electrons. The van der Waals surface area contributed by atoms with Crippen molar-refractivity contribution in [2.75, 3.05) is 20.3 Å². The van der Waals surface area contributed by atoms with Gasteiger partial charge in [0.15, 0.2) is 0 Å². The third kappa shape index (κ3) is 8.77. The van der Waals surface area contributed by atoms with Crippen LogP contribution >= 0.6 is 0 Å². The molecule has 1 aromatic heterocycles. The Hall–Kier alpha value is -3.95. The minimum Gasteiger partial charge on any atom is -0.506 e. The highest BCUT2D eigenvalue weighted by atomic mass is 16.6. The quantitative estimate of drug-likeness (QED) is 0.179. The Bertz CT molecular complexity index is 1400. The number of phenolic OH excluding ortho intramolecular Hbond substituents is 1. The predicted molar refractivity (Wildman–Crippen MR) is 161 cm³/mol. The number of hydrogen-bond donors (Lipinski definition) is 1. The average molecular weight is 584 g/mol. The molecule has 42 heavy (non-hydrogen) atoms. The summed E-state index contributed by atoms with van der Waals surface area (Å²) < 4.78 is 15.0. The third-order valence-corrected chi connectivity index (χ3v) is 7.28. The number of fused-ring (bicyclic) bond motifs is 1. The molecule has 0 fully saturated rings. The number of aromatic nitrogens is 3. The molecule has 10 nitrogen and oxygen atoms in total. The number of hydrogen-bond acceptors (Lipinski definition) is 9. The molecule has 0 saturated carbocycles. The van der Waals surface area contributed by atoms with Gasteiger partial charge in [0.05, 0.1) is 23.5 Å². The largest absolute Gasteiger partial charge is 0.506 e. The fourth-order valence-corrected chi connectivity index (χ4v) is 3.41. The van der Waals surface area contributed by atoms with Crippen molar-refractivity contribution in [1.29, 1.82) is 0 Å². The van der Waals surface area contributed by atoms with Crippen molar-refractivity contribution >= 4 is 28.9 Å². The van der Waals surface area contributed by atoms with E-state index in [9.17, 15) is 19.5 Å². The van der Waals surface area contributed by atoms with E-state index in [2.05, 4.69) is 35.7 Å². The van der Waals surface area contributed by atoms with Crippen LogP contribution < -0.4 is 0 Å². The van der Waals surface area contributed by atoms with E-state index in [-0.39, 0.29) is 41.7 Å². The maximum absolute atomic E-state index is 12.4. The van der Waals surface area contributed by atoms with E-state index < -0.39 is 11.4 Å². The fraction of sp³-hybridized carbons (Fsp3) is 0.531. The second-order valence-electron chi connectivity index (χ2n) is 12.4. The van der Waals surface area contributed by atoms with Gasteiger partial charge in [-0.1, -0.05) is 40.7 Å². The molecule has 1 heterocycles. The van der Waals surface area contributed by atoms with E-state index in [1.807, 2.05) is 53.7 Å². The summed E-state index contributed by atoms with van der Waals surface area (Å²) in [5.74, 6) is -0.943. The van der Waals surface area contributed by atoms with E-state index in [4.69, 9.17) is 9.47 Å². The van der Waals surface area contributed by atoms with Crippen LogP contribution in [0.5, 0.6) is 5.75 Å². The second kappa shape index (κ2) is 13.8. The van der Waals surface area contributed by atoms with Crippen molar-refractivity contribution < 1.29 is 33.7 Å². The van der Waals surface area contributed by atoms with Gasteiger partial charge < -0.3 is 19.3 Å². The molecule has 0 aliphatic heterocycles. The van der Waals surface area contributed by atoms with Crippen LogP contribution in [0.2, 0.25) is 0 Å². The summed E-state index contributed by atoms with van der Waals surface area (Å²) in [5.41, 5.74) is 1.87. The summed E-state index contributed by atoms with van der Waals surface area (Å²) in [4.78, 5) is 36.6. The van der Waals surface area contributed by atoms with Gasteiger partial charge in [0.1, 0.15) is 35.7 Å². The highest BCUT2D eigenvalue weighted by molar-refractivity contribution is 5.93. The van der Waals surface area contributed by atoms with E-state index in [1.165, 1.54) is 11.9 Å². The molecule has 1 N–H and O–H groups in total. The van der Waals surface area contributed by atoms with Crippen LogP contribution in [0.3, 0.4) is 0 Å². The van der Waals surface area contributed by atoms with Gasteiger partial charge in [-0.05, 0) is 81.8 Å². The van der Waals surface area contributed by atoms with Crippen molar-refractivity contribution in [3.8, 4) is 11.4 Å². The van der Waals surface area contributed by atoms with Crippen LogP contribution in [0.1, 0.15) is 91.1 Å². The molecule has 0 spiro atoms. The summed E-state index contributed by atoms with van der Waals surface area (Å²) in [6.07, 6.45) is 1.48. The summed E-state index contributed by atoms with van der Waals surface area (Å²) in [7, 11) is 1.42. The molecule has 3 rings (SSSR count). The number of nitrogens with zero attached hydrogens (tertiary/aromatic N) is 3. The summed E-state index contributed by atoms with van der Waals surface area (Å²) >= 11 is 0. The van der Waals surface area contributed by atoms with Gasteiger partial charge in [-0.3, -0.25) is 9.59 Å². The molecule has 230 valence electrons. The molecule has 0 aliphatic rings. The van der Waals surface area contributed by atoms with E-state index in [0.717, 1.165) is 12.0 Å². The summed E-state index contributed by atoms with van der Waals surface area (Å²) in [5, 5.41) is 19.2. The number of carbonyl (C=O) groups is 3. The highest BCUT2D eigenvalue weighted by Gasteiger charge is 2.27. The van der Waals surface area contributed by atoms with Crippen molar-refractivity contribution in [2.45, 2.75) is 80.6 Å². The maximum Gasteiger partial charge on any atom is 0.338 e. The summed E-state index contributed by atoms with van der Waals surface area (Å²) in [6, 6.07) is 10.2. The van der Waals surface area contributed by atoms with Crippen molar-refractivity contribution in [2.24, 2.45) is 10.8 Å². The first kappa shape index (κ1) is 34.3. The van der Waals surface area contributed by atoms with E-state index >= 15 is 0 Å². The number of carbonyl (C=O) groups excluding carboxylic acids is 3. The molecule has 0 bridgehead atoms. The van der Waals surface area contributed by atoms with Crippen LogP contribution in [0, 0.1) is 10.8 Å². The molecular formula is C32H45N3O7. The number of phenols is 1. The lowest BCUT2D eigenvalue weighted by molar-refractivity contribution is -0.155. The SMILES string of the molecule is CCC(C)(C)C(=O)OC.CCC(C)(C)C(=O)OCCOC(=O)c1ccc2nn(-c3cc(C(C)(C)C)ccc3O)nc2c1. The number of methoxy groups -OCH3 is 1. The number of ether oxygens (including phenoxy) is 3. The first-order valence-electron chi connectivity index (χ1n) is 14.1. The Morgan fingerprint density at radius 1 is 0.786 bits per heavy atom. The number of aromatic hydroxyl groups is 1. The lowest BCUT2D eigenvalue weighted by Crippen LogP contribution is -2.27. The Kier molecular flexibility index (Phi) is 11.3. The van der Waals surface area contributed by atoms with Gasteiger partial charge in [-0.2, -0.15) is 0 Å². The van der Waals surface area contributed by atoms with Crippen molar-refractivity contribution in [1.82, 2.24) is 15.0 Å². The van der Waals surface area contributed by atoms with E-state index in [1.54, 1.807) is 24.3 Å². The molecule has 10 heteroatoms. The minimum absolute atomic E-state index is 0.00414. The topological polar surface area (TPSA) is 130 Å². The predicted octanol–water partition coefficient (Wildman–Crippen LogP) is 6.16. The van der Waals surface area contributed by atoms with Crippen LogP contribution in [0.15, 0.2) is 36.4 Å². The number of benzene rings is 2. The number of rotatable bonds is 9. The summed E-state index contributed by atoms with van der Waals surface area (Å²) in [6.45, 7) is 17.5. The average Bonchev–Trinajstić information content (AvgIpc) is 3.37. The fourth-order valence-electron chi connectivity index (χ4n) is 3.41. The molecule has 0 atom stereocenters. The van der Waals surface area contributed by atoms with E-state index in [0.29, 0.717) is 28.7 Å². The lowest BCUT2D eigenvalue weighted by atomic mass is 9.87. The zero-order valence-corrected chi connectivity index (χ0v) is 26.5.